The number of hydrogen-bond acceptors (Lipinski definition) is 3. The van der Waals surface area contributed by atoms with Gasteiger partial charge in [-0.3, -0.25) is 0 Å². The molecule has 1 aromatic rings. The van der Waals surface area contributed by atoms with Crippen LogP contribution in [0.25, 0.3) is 0 Å². The van der Waals surface area contributed by atoms with Crippen molar-refractivity contribution in [2.75, 3.05) is 11.6 Å². The SMILES string of the molecule is CC(CCl)CS(=O)(=O)c1ncc(Cl)cc1Br. The van der Waals surface area contributed by atoms with Gasteiger partial charge in [0.15, 0.2) is 14.9 Å². The Balaban J connectivity index is 3.08. The predicted octanol–water partition coefficient (Wildman–Crippen LogP) is 3.15. The Morgan fingerprint density at radius 3 is 2.69 bits per heavy atom. The third-order valence-electron chi connectivity index (χ3n) is 1.84. The molecule has 0 N–H and O–H groups in total. The first-order chi connectivity index (χ1) is 7.36. The lowest BCUT2D eigenvalue weighted by molar-refractivity contribution is 0.579. The van der Waals surface area contributed by atoms with Crippen molar-refractivity contribution in [1.29, 1.82) is 0 Å². The molecule has 1 rings (SSSR count). The lowest BCUT2D eigenvalue weighted by Crippen LogP contribution is -2.16. The molecule has 0 saturated carbocycles. The number of halogens is 3. The average Bonchev–Trinajstić information content (AvgIpc) is 2.16. The van der Waals surface area contributed by atoms with Crippen molar-refractivity contribution >= 4 is 49.0 Å². The van der Waals surface area contributed by atoms with Gasteiger partial charge in [0, 0.05) is 12.1 Å². The van der Waals surface area contributed by atoms with Crippen molar-refractivity contribution in [1.82, 2.24) is 4.98 Å². The van der Waals surface area contributed by atoms with E-state index in [1.165, 1.54) is 12.3 Å². The molecule has 0 saturated heterocycles. The number of alkyl halides is 1. The second-order valence-electron chi connectivity index (χ2n) is 3.48. The van der Waals surface area contributed by atoms with Crippen LogP contribution < -0.4 is 0 Å². The van der Waals surface area contributed by atoms with Crippen LogP contribution in [0.15, 0.2) is 21.8 Å². The Morgan fingerprint density at radius 1 is 1.56 bits per heavy atom. The van der Waals surface area contributed by atoms with Gasteiger partial charge in [-0.2, -0.15) is 0 Å². The summed E-state index contributed by atoms with van der Waals surface area (Å²) in [4.78, 5) is 3.83. The Labute approximate surface area is 113 Å². The Bertz CT molecular complexity index is 478. The third-order valence-corrected chi connectivity index (χ3v) is 5.36. The van der Waals surface area contributed by atoms with Crippen LogP contribution >= 0.6 is 39.1 Å². The van der Waals surface area contributed by atoms with Crippen LogP contribution in [0, 0.1) is 5.92 Å². The molecule has 7 heteroatoms. The van der Waals surface area contributed by atoms with E-state index < -0.39 is 9.84 Å². The van der Waals surface area contributed by atoms with Crippen LogP contribution in [0.3, 0.4) is 0 Å². The monoisotopic (exact) mass is 345 g/mol. The highest BCUT2D eigenvalue weighted by molar-refractivity contribution is 9.10. The summed E-state index contributed by atoms with van der Waals surface area (Å²) in [7, 11) is -3.42. The van der Waals surface area contributed by atoms with Crippen LogP contribution in [0.5, 0.6) is 0 Å². The molecule has 1 unspecified atom stereocenters. The van der Waals surface area contributed by atoms with Crippen molar-refractivity contribution in [3.63, 3.8) is 0 Å². The highest BCUT2D eigenvalue weighted by Crippen LogP contribution is 2.24. The average molecular weight is 347 g/mol. The van der Waals surface area contributed by atoms with Crippen LogP contribution in [-0.4, -0.2) is 25.0 Å². The van der Waals surface area contributed by atoms with E-state index >= 15 is 0 Å². The van der Waals surface area contributed by atoms with Crippen LogP contribution in [-0.2, 0) is 9.84 Å². The summed E-state index contributed by atoms with van der Waals surface area (Å²) < 4.78 is 24.3. The number of aromatic nitrogens is 1. The van der Waals surface area contributed by atoms with Gasteiger partial charge in [0.05, 0.1) is 15.2 Å². The topological polar surface area (TPSA) is 47.0 Å². The van der Waals surface area contributed by atoms with Gasteiger partial charge in [-0.1, -0.05) is 18.5 Å². The molecule has 0 bridgehead atoms. The molecule has 16 heavy (non-hydrogen) atoms. The van der Waals surface area contributed by atoms with Crippen molar-refractivity contribution in [3.8, 4) is 0 Å². The number of hydrogen-bond donors (Lipinski definition) is 0. The number of sulfone groups is 1. The fourth-order valence-corrected chi connectivity index (χ4v) is 4.34. The summed E-state index contributed by atoms with van der Waals surface area (Å²) in [6.45, 7) is 1.77. The molecule has 0 aliphatic rings. The first-order valence-electron chi connectivity index (χ1n) is 4.46. The largest absolute Gasteiger partial charge is 0.242 e. The van der Waals surface area contributed by atoms with Crippen molar-refractivity contribution < 1.29 is 8.42 Å². The minimum Gasteiger partial charge on any atom is -0.242 e. The zero-order valence-electron chi connectivity index (χ0n) is 8.45. The molecule has 0 aliphatic carbocycles. The maximum Gasteiger partial charge on any atom is 0.197 e. The minimum atomic E-state index is -3.42. The summed E-state index contributed by atoms with van der Waals surface area (Å²) in [5.74, 6) is 0.157. The fraction of sp³-hybridized carbons (Fsp3) is 0.444. The van der Waals surface area contributed by atoms with Gasteiger partial charge in [0.2, 0.25) is 0 Å². The van der Waals surface area contributed by atoms with Gasteiger partial charge >= 0.3 is 0 Å². The Hall–Kier alpha value is 0.160. The quantitative estimate of drug-likeness (QED) is 0.787. The van der Waals surface area contributed by atoms with E-state index in [1.807, 2.05) is 0 Å². The first kappa shape index (κ1) is 14.2. The van der Waals surface area contributed by atoms with Crippen LogP contribution in [0.4, 0.5) is 0 Å². The molecule has 0 aliphatic heterocycles. The minimum absolute atomic E-state index is 0.00821. The van der Waals surface area contributed by atoms with E-state index in [-0.39, 0.29) is 16.7 Å². The molecule has 0 radical (unpaired) electrons. The highest BCUT2D eigenvalue weighted by atomic mass is 79.9. The van der Waals surface area contributed by atoms with E-state index in [9.17, 15) is 8.42 Å². The summed E-state index contributed by atoms with van der Waals surface area (Å²) >= 11 is 14.4. The van der Waals surface area contributed by atoms with Crippen LogP contribution in [0.1, 0.15) is 6.92 Å². The van der Waals surface area contributed by atoms with Gasteiger partial charge < -0.3 is 0 Å². The van der Waals surface area contributed by atoms with Crippen molar-refractivity contribution in [2.24, 2.45) is 5.92 Å². The predicted molar refractivity (Wildman–Crippen MR) is 68.9 cm³/mol. The van der Waals surface area contributed by atoms with Gasteiger partial charge in [0.25, 0.3) is 0 Å². The second-order valence-corrected chi connectivity index (χ2v) is 7.03. The number of rotatable bonds is 4. The molecule has 0 spiro atoms. The Kier molecular flexibility index (Phi) is 5.04. The molecule has 90 valence electrons. The van der Waals surface area contributed by atoms with Gasteiger partial charge in [0.1, 0.15) is 0 Å². The number of nitrogens with zero attached hydrogens (tertiary/aromatic N) is 1. The normalized spacial score (nSPS) is 13.8. The van der Waals surface area contributed by atoms with Gasteiger partial charge in [-0.05, 0) is 27.9 Å². The summed E-state index contributed by atoms with van der Waals surface area (Å²) in [5.41, 5.74) is 0. The van der Waals surface area contributed by atoms with E-state index in [4.69, 9.17) is 23.2 Å². The number of pyridine rings is 1. The smallest absolute Gasteiger partial charge is 0.197 e. The summed E-state index contributed by atoms with van der Waals surface area (Å²) in [5, 5.41) is 0.394. The van der Waals surface area contributed by atoms with E-state index in [1.54, 1.807) is 6.92 Å². The molecular formula is C9H10BrCl2NO2S. The standard InChI is InChI=1S/C9H10BrCl2NO2S/c1-6(3-11)5-16(14,15)9-8(10)2-7(12)4-13-9/h2,4,6H,3,5H2,1H3. The van der Waals surface area contributed by atoms with Crippen LogP contribution in [0.2, 0.25) is 5.02 Å². The molecule has 1 aromatic heterocycles. The van der Waals surface area contributed by atoms with Gasteiger partial charge in [-0.15, -0.1) is 11.6 Å². The van der Waals surface area contributed by atoms with Gasteiger partial charge in [-0.25, -0.2) is 13.4 Å². The highest BCUT2D eigenvalue weighted by Gasteiger charge is 2.22. The zero-order chi connectivity index (χ0) is 12.3. The third kappa shape index (κ3) is 3.58. The molecular weight excluding hydrogens is 337 g/mol. The maximum atomic E-state index is 11.9. The van der Waals surface area contributed by atoms with E-state index in [2.05, 4.69) is 20.9 Å². The Morgan fingerprint density at radius 2 is 2.19 bits per heavy atom. The summed E-state index contributed by atoms with van der Waals surface area (Å²) in [6, 6.07) is 1.51. The van der Waals surface area contributed by atoms with Crippen molar-refractivity contribution in [3.05, 3.63) is 21.8 Å². The molecule has 0 aromatic carbocycles. The first-order valence-corrected chi connectivity index (χ1v) is 7.82. The van der Waals surface area contributed by atoms with E-state index in [0.717, 1.165) is 0 Å². The second kappa shape index (κ2) is 5.67. The molecule has 0 fully saturated rings. The molecule has 0 amide bonds. The zero-order valence-corrected chi connectivity index (χ0v) is 12.4. The lowest BCUT2D eigenvalue weighted by Gasteiger charge is -2.09. The van der Waals surface area contributed by atoms with Crippen molar-refractivity contribution in [2.45, 2.75) is 11.9 Å². The van der Waals surface area contributed by atoms with E-state index in [0.29, 0.717) is 15.4 Å². The molecule has 1 heterocycles. The maximum absolute atomic E-state index is 11.9. The fourth-order valence-electron chi connectivity index (χ4n) is 1.13. The molecule has 3 nitrogen and oxygen atoms in total. The molecule has 1 atom stereocenters. The lowest BCUT2D eigenvalue weighted by atomic mass is 10.3. The summed E-state index contributed by atoms with van der Waals surface area (Å²) in [6.07, 6.45) is 1.31.